The van der Waals surface area contributed by atoms with Crippen molar-refractivity contribution >= 4 is 29.3 Å². The number of esters is 1. The Morgan fingerprint density at radius 3 is 2.54 bits per heavy atom. The Bertz CT molecular complexity index is 1270. The summed E-state index contributed by atoms with van der Waals surface area (Å²) in [6, 6.07) is 5.99. The van der Waals surface area contributed by atoms with E-state index in [1.165, 1.54) is 31.4 Å². The molecular formula is C30H35NO8. The lowest BCUT2D eigenvalue weighted by atomic mass is 9.46. The third-order valence-electron chi connectivity index (χ3n) is 10.00. The molecule has 4 aliphatic carbocycles. The number of carbonyl (C=O) groups is 4. The molecule has 5 unspecified atom stereocenters. The minimum Gasteiger partial charge on any atom is -0.465 e. The third kappa shape index (κ3) is 4.32. The number of ketones is 2. The van der Waals surface area contributed by atoms with Gasteiger partial charge in [-0.1, -0.05) is 25.5 Å². The lowest BCUT2D eigenvalue weighted by molar-refractivity contribution is -0.178. The number of Topliss-reactive ketones (excluding diaryl/α,β-unsaturated/α-hetero) is 1. The van der Waals surface area contributed by atoms with E-state index in [0.29, 0.717) is 17.7 Å². The molecule has 0 bridgehead atoms. The number of allylic oxidation sites excluding steroid dienone is 4. The van der Waals surface area contributed by atoms with Gasteiger partial charge in [0.25, 0.3) is 0 Å². The zero-order chi connectivity index (χ0) is 28.2. The summed E-state index contributed by atoms with van der Waals surface area (Å²) >= 11 is 0. The first-order valence-electron chi connectivity index (χ1n) is 13.4. The van der Waals surface area contributed by atoms with E-state index in [4.69, 9.17) is 4.74 Å². The van der Waals surface area contributed by atoms with Gasteiger partial charge in [0.1, 0.15) is 5.60 Å². The van der Waals surface area contributed by atoms with Gasteiger partial charge in [0.05, 0.1) is 18.8 Å². The Balaban J connectivity index is 1.27. The highest BCUT2D eigenvalue weighted by molar-refractivity contribution is 6.01. The number of fused-ring (bicyclic) bond motifs is 5. The van der Waals surface area contributed by atoms with Crippen LogP contribution in [0.2, 0.25) is 0 Å². The number of methoxy groups -OCH3 is 1. The number of rotatable bonds is 5. The van der Waals surface area contributed by atoms with Gasteiger partial charge in [-0.05, 0) is 80.4 Å². The molecule has 0 heterocycles. The van der Waals surface area contributed by atoms with Gasteiger partial charge in [-0.2, -0.15) is 0 Å². The standard InChI is InChI=1S/C30H35NO8/c1-28-12-10-20(32)14-18(28)6-9-21-22-11-13-30(37,29(22,2)15-23(33)25(21)28)24(34)16-39-27(36)31-19-7-4-17(5-8-19)26(35)38-3/h4-5,7-8,10,12,14,21-23,25,33,37H,6,9,11,13,15-16H2,1-3H3,(H,31,36)/t21?,22?,23-,25?,28?,29?,30-/m0/s1. The van der Waals surface area contributed by atoms with Gasteiger partial charge in [-0.25, -0.2) is 9.59 Å². The minimum atomic E-state index is -1.73. The molecular weight excluding hydrogens is 502 g/mol. The van der Waals surface area contributed by atoms with Crippen LogP contribution in [-0.4, -0.2) is 59.3 Å². The van der Waals surface area contributed by atoms with E-state index in [9.17, 15) is 29.4 Å². The Kier molecular flexibility index (Phi) is 6.79. The fraction of sp³-hybridized carbons (Fsp3) is 0.533. The predicted octanol–water partition coefficient (Wildman–Crippen LogP) is 3.60. The average Bonchev–Trinajstić information content (AvgIpc) is 3.18. The summed E-state index contributed by atoms with van der Waals surface area (Å²) < 4.78 is 9.83. The van der Waals surface area contributed by atoms with Gasteiger partial charge < -0.3 is 19.7 Å². The SMILES string of the molecule is COC(=O)c1ccc(NC(=O)OCC(=O)[C@@]2(O)CCC3C4CCC5=CC(=O)C=CC5(C)C4[C@@H](O)CC32C)cc1. The van der Waals surface area contributed by atoms with Crippen molar-refractivity contribution < 1.29 is 38.9 Å². The fourth-order valence-corrected chi connectivity index (χ4v) is 8.00. The Morgan fingerprint density at radius 1 is 1.13 bits per heavy atom. The van der Waals surface area contributed by atoms with Crippen molar-refractivity contribution in [3.8, 4) is 0 Å². The summed E-state index contributed by atoms with van der Waals surface area (Å²) in [5, 5.41) is 25.7. The van der Waals surface area contributed by atoms with Crippen molar-refractivity contribution in [2.24, 2.45) is 28.6 Å². The summed E-state index contributed by atoms with van der Waals surface area (Å²) in [7, 11) is 1.27. The van der Waals surface area contributed by atoms with Crippen molar-refractivity contribution in [1.82, 2.24) is 0 Å². The summed E-state index contributed by atoms with van der Waals surface area (Å²) in [5.41, 5.74) is -1.31. The van der Waals surface area contributed by atoms with Crippen LogP contribution in [0.25, 0.3) is 0 Å². The van der Waals surface area contributed by atoms with Crippen LogP contribution in [0.15, 0.2) is 48.1 Å². The Hall–Kier alpha value is -3.30. The second-order valence-electron chi connectivity index (χ2n) is 11.8. The number of nitrogens with one attached hydrogen (secondary N) is 1. The largest absolute Gasteiger partial charge is 0.465 e. The van der Waals surface area contributed by atoms with Crippen LogP contribution in [0, 0.1) is 28.6 Å². The molecule has 0 aliphatic heterocycles. The van der Waals surface area contributed by atoms with Crippen LogP contribution >= 0.6 is 0 Å². The number of benzene rings is 1. The van der Waals surface area contributed by atoms with Crippen LogP contribution in [0.3, 0.4) is 0 Å². The quantitative estimate of drug-likeness (QED) is 0.484. The van der Waals surface area contributed by atoms with Gasteiger partial charge in [0.2, 0.25) is 5.78 Å². The predicted molar refractivity (Wildman–Crippen MR) is 141 cm³/mol. The lowest BCUT2D eigenvalue weighted by Crippen LogP contribution is -2.61. The zero-order valence-corrected chi connectivity index (χ0v) is 22.4. The molecule has 9 heteroatoms. The van der Waals surface area contributed by atoms with E-state index < -0.39 is 47.0 Å². The summed E-state index contributed by atoms with van der Waals surface area (Å²) in [6.07, 6.45) is 6.19. The summed E-state index contributed by atoms with van der Waals surface area (Å²) in [6.45, 7) is 3.34. The van der Waals surface area contributed by atoms with Crippen molar-refractivity contribution in [2.75, 3.05) is 19.0 Å². The first kappa shape index (κ1) is 27.3. The van der Waals surface area contributed by atoms with E-state index in [1.54, 1.807) is 12.2 Å². The molecule has 0 radical (unpaired) electrons. The van der Waals surface area contributed by atoms with Gasteiger partial charge in [-0.3, -0.25) is 14.9 Å². The van der Waals surface area contributed by atoms with E-state index >= 15 is 0 Å². The molecule has 5 rings (SSSR count). The number of hydrogen-bond acceptors (Lipinski definition) is 8. The number of carbonyl (C=O) groups excluding carboxylic acids is 4. The van der Waals surface area contributed by atoms with Gasteiger partial charge in [0, 0.05) is 22.4 Å². The lowest BCUT2D eigenvalue weighted by Gasteiger charge is -2.59. The van der Waals surface area contributed by atoms with Gasteiger partial charge >= 0.3 is 12.1 Å². The third-order valence-corrected chi connectivity index (χ3v) is 10.00. The molecule has 3 saturated carbocycles. The van der Waals surface area contributed by atoms with Crippen molar-refractivity contribution in [2.45, 2.75) is 57.7 Å². The van der Waals surface area contributed by atoms with Crippen LogP contribution < -0.4 is 5.32 Å². The molecule has 4 aliphatic rings. The molecule has 1 aromatic rings. The maximum Gasteiger partial charge on any atom is 0.412 e. The van der Waals surface area contributed by atoms with Crippen molar-refractivity contribution in [3.05, 3.63) is 53.6 Å². The Labute approximate surface area is 227 Å². The molecule has 1 aromatic carbocycles. The molecule has 1 amide bonds. The van der Waals surface area contributed by atoms with Crippen molar-refractivity contribution in [3.63, 3.8) is 0 Å². The molecule has 9 nitrogen and oxygen atoms in total. The summed E-state index contributed by atoms with van der Waals surface area (Å²) in [4.78, 5) is 49.3. The smallest absolute Gasteiger partial charge is 0.412 e. The number of amides is 1. The van der Waals surface area contributed by atoms with E-state index in [-0.39, 0.29) is 36.4 Å². The monoisotopic (exact) mass is 537 g/mol. The number of ether oxygens (including phenoxy) is 2. The maximum absolute atomic E-state index is 13.4. The topological polar surface area (TPSA) is 139 Å². The second-order valence-corrected chi connectivity index (χ2v) is 11.8. The summed E-state index contributed by atoms with van der Waals surface area (Å²) in [5.74, 6) is -1.14. The molecule has 3 fully saturated rings. The van der Waals surface area contributed by atoms with E-state index in [1.807, 2.05) is 13.0 Å². The molecule has 0 saturated heterocycles. The van der Waals surface area contributed by atoms with Gasteiger partial charge in [0.15, 0.2) is 12.4 Å². The number of aliphatic hydroxyl groups excluding tert-OH is 1. The minimum absolute atomic E-state index is 0.00593. The average molecular weight is 538 g/mol. The highest BCUT2D eigenvalue weighted by atomic mass is 16.6. The van der Waals surface area contributed by atoms with Crippen LogP contribution in [0.1, 0.15) is 56.3 Å². The first-order valence-corrected chi connectivity index (χ1v) is 13.4. The molecule has 0 spiro atoms. The molecule has 39 heavy (non-hydrogen) atoms. The molecule has 0 aromatic heterocycles. The first-order chi connectivity index (χ1) is 18.4. The Morgan fingerprint density at radius 2 is 1.85 bits per heavy atom. The van der Waals surface area contributed by atoms with Crippen LogP contribution in [0.4, 0.5) is 10.5 Å². The molecule has 208 valence electrons. The number of anilines is 1. The zero-order valence-electron chi connectivity index (χ0n) is 22.4. The van der Waals surface area contributed by atoms with Crippen LogP contribution in [0.5, 0.6) is 0 Å². The van der Waals surface area contributed by atoms with Crippen molar-refractivity contribution in [1.29, 1.82) is 0 Å². The van der Waals surface area contributed by atoms with Gasteiger partial charge in [-0.15, -0.1) is 0 Å². The highest BCUT2D eigenvalue weighted by Gasteiger charge is 2.68. The van der Waals surface area contributed by atoms with E-state index in [2.05, 4.69) is 17.0 Å². The molecule has 7 atom stereocenters. The van der Waals surface area contributed by atoms with Crippen LogP contribution in [-0.2, 0) is 19.1 Å². The fourth-order valence-electron chi connectivity index (χ4n) is 8.00. The second kappa shape index (κ2) is 9.71. The normalized spacial score (nSPS) is 36.6. The number of aliphatic hydroxyl groups is 2. The highest BCUT2D eigenvalue weighted by Crippen LogP contribution is 2.67. The number of hydrogen-bond donors (Lipinski definition) is 3. The van der Waals surface area contributed by atoms with E-state index in [0.717, 1.165) is 18.4 Å². The maximum atomic E-state index is 13.4. The molecule has 3 N–H and O–H groups in total.